The van der Waals surface area contributed by atoms with Crippen molar-refractivity contribution in [1.82, 2.24) is 20.6 Å². The molecule has 138 valence electrons. The number of carbonyl (C=O) groups is 2. The predicted octanol–water partition coefficient (Wildman–Crippen LogP) is 2.28. The van der Waals surface area contributed by atoms with Crippen molar-refractivity contribution in [2.75, 3.05) is 7.11 Å². The molecular formula is C20H20N4O3. The molecule has 0 atom stereocenters. The molecule has 0 aliphatic rings. The molecule has 7 heteroatoms. The molecule has 0 radical (unpaired) electrons. The Labute approximate surface area is 156 Å². The van der Waals surface area contributed by atoms with Crippen LogP contribution >= 0.6 is 0 Å². The second kappa shape index (κ2) is 8.66. The number of aromatic nitrogens is 2. The van der Waals surface area contributed by atoms with Crippen LogP contribution in [-0.2, 0) is 13.1 Å². The smallest absolute Gasteiger partial charge is 0.272 e. The number of aromatic amines is 1. The van der Waals surface area contributed by atoms with Gasteiger partial charge in [-0.1, -0.05) is 42.5 Å². The molecule has 0 bridgehead atoms. The summed E-state index contributed by atoms with van der Waals surface area (Å²) in [5.74, 6) is -0.0577. The minimum absolute atomic E-state index is 0.0640. The first-order valence-electron chi connectivity index (χ1n) is 8.44. The van der Waals surface area contributed by atoms with Crippen LogP contribution in [-0.4, -0.2) is 28.9 Å². The highest BCUT2D eigenvalue weighted by Gasteiger charge is 2.20. The Morgan fingerprint density at radius 2 is 1.56 bits per heavy atom. The van der Waals surface area contributed by atoms with Crippen LogP contribution in [0.25, 0.3) is 0 Å². The Kier molecular flexibility index (Phi) is 5.84. The first kappa shape index (κ1) is 18.2. The fraction of sp³-hybridized carbons (Fsp3) is 0.150. The first-order valence-corrected chi connectivity index (χ1v) is 8.44. The minimum Gasteiger partial charge on any atom is -0.497 e. The highest BCUT2D eigenvalue weighted by molar-refractivity contribution is 6.04. The van der Waals surface area contributed by atoms with Crippen molar-refractivity contribution in [3.63, 3.8) is 0 Å². The van der Waals surface area contributed by atoms with E-state index < -0.39 is 5.91 Å². The van der Waals surface area contributed by atoms with Crippen molar-refractivity contribution in [3.8, 4) is 5.75 Å². The largest absolute Gasteiger partial charge is 0.497 e. The zero-order valence-electron chi connectivity index (χ0n) is 14.9. The summed E-state index contributed by atoms with van der Waals surface area (Å²) in [7, 11) is 1.60. The number of benzene rings is 2. The Hall–Kier alpha value is -3.61. The number of nitrogens with zero attached hydrogens (tertiary/aromatic N) is 1. The quantitative estimate of drug-likeness (QED) is 0.599. The Bertz CT molecular complexity index is 904. The van der Waals surface area contributed by atoms with Crippen LogP contribution in [0.4, 0.5) is 0 Å². The van der Waals surface area contributed by atoms with E-state index in [1.54, 1.807) is 7.11 Å². The molecule has 3 rings (SSSR count). The lowest BCUT2D eigenvalue weighted by Crippen LogP contribution is -2.29. The Balaban J connectivity index is 1.59. The van der Waals surface area contributed by atoms with E-state index in [4.69, 9.17) is 4.74 Å². The van der Waals surface area contributed by atoms with E-state index in [1.165, 1.54) is 6.33 Å². The molecule has 3 aromatic rings. The molecule has 27 heavy (non-hydrogen) atoms. The number of carbonyl (C=O) groups excluding carboxylic acids is 2. The number of hydrogen-bond donors (Lipinski definition) is 3. The molecule has 3 N–H and O–H groups in total. The molecule has 0 fully saturated rings. The van der Waals surface area contributed by atoms with E-state index in [0.717, 1.165) is 16.9 Å². The number of hydrogen-bond acceptors (Lipinski definition) is 4. The van der Waals surface area contributed by atoms with Gasteiger partial charge >= 0.3 is 0 Å². The lowest BCUT2D eigenvalue weighted by Gasteiger charge is -2.07. The molecule has 0 saturated heterocycles. The number of ether oxygens (including phenoxy) is 1. The molecule has 0 saturated carbocycles. The van der Waals surface area contributed by atoms with Crippen LogP contribution in [0.15, 0.2) is 60.9 Å². The Morgan fingerprint density at radius 1 is 0.926 bits per heavy atom. The molecule has 0 spiro atoms. The average Bonchev–Trinajstić information content (AvgIpc) is 3.21. The van der Waals surface area contributed by atoms with Crippen LogP contribution in [0, 0.1) is 0 Å². The van der Waals surface area contributed by atoms with Crippen LogP contribution in [0.5, 0.6) is 5.75 Å². The number of nitrogens with one attached hydrogen (secondary N) is 3. The SMILES string of the molecule is COc1ccc(CNC(=O)c2nc[nH]c2C(=O)NCc2ccccc2)cc1. The van der Waals surface area contributed by atoms with Crippen LogP contribution in [0.1, 0.15) is 32.1 Å². The van der Waals surface area contributed by atoms with Gasteiger partial charge in [-0.05, 0) is 23.3 Å². The zero-order chi connectivity index (χ0) is 19.1. The van der Waals surface area contributed by atoms with Crippen molar-refractivity contribution in [2.24, 2.45) is 0 Å². The lowest BCUT2D eigenvalue weighted by molar-refractivity contribution is 0.0911. The molecule has 0 aliphatic carbocycles. The summed E-state index contributed by atoms with van der Waals surface area (Å²) >= 11 is 0. The maximum atomic E-state index is 12.4. The summed E-state index contributed by atoms with van der Waals surface area (Å²) in [6, 6.07) is 16.9. The number of amides is 2. The molecule has 2 aromatic carbocycles. The fourth-order valence-electron chi connectivity index (χ4n) is 2.52. The first-order chi connectivity index (χ1) is 13.2. The third-order valence-electron chi connectivity index (χ3n) is 3.99. The minimum atomic E-state index is -0.420. The second-order valence-corrected chi connectivity index (χ2v) is 5.83. The average molecular weight is 364 g/mol. The van der Waals surface area contributed by atoms with E-state index in [2.05, 4.69) is 20.6 Å². The van der Waals surface area contributed by atoms with E-state index in [0.29, 0.717) is 13.1 Å². The number of methoxy groups -OCH3 is 1. The highest BCUT2D eigenvalue weighted by Crippen LogP contribution is 2.11. The zero-order valence-corrected chi connectivity index (χ0v) is 14.9. The predicted molar refractivity (Wildman–Crippen MR) is 100 cm³/mol. The van der Waals surface area contributed by atoms with Gasteiger partial charge in [0.25, 0.3) is 11.8 Å². The summed E-state index contributed by atoms with van der Waals surface area (Å²) in [6.07, 6.45) is 1.33. The molecule has 0 aliphatic heterocycles. The van der Waals surface area contributed by atoms with Crippen LogP contribution < -0.4 is 15.4 Å². The standard InChI is InChI=1S/C20H20N4O3/c1-27-16-9-7-15(8-10-16)12-22-20(26)18-17(23-13-24-18)19(25)21-11-14-5-3-2-4-6-14/h2-10,13H,11-12H2,1H3,(H,21,25)(H,22,26)(H,23,24). The van der Waals surface area contributed by atoms with Gasteiger partial charge in [0.05, 0.1) is 13.4 Å². The van der Waals surface area contributed by atoms with Gasteiger partial charge in [0, 0.05) is 13.1 Å². The van der Waals surface area contributed by atoms with Crippen molar-refractivity contribution in [1.29, 1.82) is 0 Å². The van der Waals surface area contributed by atoms with Crippen molar-refractivity contribution < 1.29 is 14.3 Å². The van der Waals surface area contributed by atoms with Gasteiger partial charge in [0.1, 0.15) is 11.4 Å². The maximum absolute atomic E-state index is 12.4. The van der Waals surface area contributed by atoms with Gasteiger partial charge in [-0.15, -0.1) is 0 Å². The van der Waals surface area contributed by atoms with E-state index in [-0.39, 0.29) is 17.3 Å². The lowest BCUT2D eigenvalue weighted by atomic mass is 10.2. The molecular weight excluding hydrogens is 344 g/mol. The second-order valence-electron chi connectivity index (χ2n) is 5.83. The number of rotatable bonds is 7. The number of imidazole rings is 1. The van der Waals surface area contributed by atoms with E-state index in [9.17, 15) is 9.59 Å². The molecule has 1 heterocycles. The van der Waals surface area contributed by atoms with Gasteiger partial charge in [-0.3, -0.25) is 9.59 Å². The van der Waals surface area contributed by atoms with E-state index >= 15 is 0 Å². The van der Waals surface area contributed by atoms with Gasteiger partial charge in [0.2, 0.25) is 0 Å². The third-order valence-corrected chi connectivity index (χ3v) is 3.99. The normalized spacial score (nSPS) is 10.3. The highest BCUT2D eigenvalue weighted by atomic mass is 16.5. The maximum Gasteiger partial charge on any atom is 0.272 e. The Morgan fingerprint density at radius 3 is 2.22 bits per heavy atom. The monoisotopic (exact) mass is 364 g/mol. The van der Waals surface area contributed by atoms with Gasteiger partial charge < -0.3 is 20.4 Å². The van der Waals surface area contributed by atoms with Gasteiger partial charge in [-0.2, -0.15) is 0 Å². The summed E-state index contributed by atoms with van der Waals surface area (Å²) in [5.41, 5.74) is 2.08. The van der Waals surface area contributed by atoms with Crippen molar-refractivity contribution in [2.45, 2.75) is 13.1 Å². The van der Waals surface area contributed by atoms with Gasteiger partial charge in [0.15, 0.2) is 5.69 Å². The fourth-order valence-corrected chi connectivity index (χ4v) is 2.52. The van der Waals surface area contributed by atoms with Crippen molar-refractivity contribution in [3.05, 3.63) is 83.4 Å². The molecule has 1 aromatic heterocycles. The van der Waals surface area contributed by atoms with E-state index in [1.807, 2.05) is 54.6 Å². The summed E-state index contributed by atoms with van der Waals surface area (Å²) in [6.45, 7) is 0.687. The topological polar surface area (TPSA) is 96.1 Å². The number of H-pyrrole nitrogens is 1. The summed E-state index contributed by atoms with van der Waals surface area (Å²) in [5, 5.41) is 5.54. The van der Waals surface area contributed by atoms with Crippen LogP contribution in [0.2, 0.25) is 0 Å². The molecule has 0 unspecified atom stereocenters. The molecule has 2 amide bonds. The van der Waals surface area contributed by atoms with Crippen LogP contribution in [0.3, 0.4) is 0 Å². The summed E-state index contributed by atoms with van der Waals surface area (Å²) in [4.78, 5) is 31.5. The molecule has 7 nitrogen and oxygen atoms in total. The third kappa shape index (κ3) is 4.72. The van der Waals surface area contributed by atoms with Crippen molar-refractivity contribution >= 4 is 11.8 Å². The summed E-state index contributed by atoms with van der Waals surface area (Å²) < 4.78 is 5.10. The van der Waals surface area contributed by atoms with Gasteiger partial charge in [-0.25, -0.2) is 4.98 Å².